The Morgan fingerprint density at radius 2 is 0.704 bits per heavy atom. The van der Waals surface area contributed by atoms with E-state index in [0.29, 0.717) is 25.7 Å². The number of rotatable bonds is 30. The Morgan fingerprint density at radius 1 is 0.407 bits per heavy atom. The van der Waals surface area contributed by atoms with E-state index in [1.165, 1.54) is 82.9 Å². The lowest BCUT2D eigenvalue weighted by atomic mass is 9.72. The van der Waals surface area contributed by atoms with E-state index in [9.17, 15) is 123 Å². The molecule has 8 unspecified atom stereocenters. The average Bonchev–Trinajstić information content (AvgIpc) is 0.717. The van der Waals surface area contributed by atoms with Crippen LogP contribution in [0.1, 0.15) is 271 Å². The van der Waals surface area contributed by atoms with Gasteiger partial charge in [-0.3, -0.25) is 71.9 Å². The maximum atomic E-state index is 14.4. The second-order valence-corrected chi connectivity index (χ2v) is 34.9. The summed E-state index contributed by atoms with van der Waals surface area (Å²) in [4.78, 5) is 211. The Balaban J connectivity index is 0.620. The average molecular weight is 1880 g/mol. The van der Waals surface area contributed by atoms with Gasteiger partial charge in [0.1, 0.15) is 68.5 Å². The van der Waals surface area contributed by atoms with E-state index in [1.54, 1.807) is 13.8 Å². The fourth-order valence-electron chi connectivity index (χ4n) is 19.1. The van der Waals surface area contributed by atoms with Crippen molar-refractivity contribution >= 4 is 87.7 Å². The highest BCUT2D eigenvalue weighted by Crippen LogP contribution is 2.58. The number of hydrogen-bond donors (Lipinski definition) is 14. The van der Waals surface area contributed by atoms with Gasteiger partial charge in [-0.05, 0) is 77.5 Å². The molecule has 0 saturated carbocycles. The Hall–Kier alpha value is -13.1. The number of nitrogens with one attached hydrogen (secondary N) is 3. The number of carbonyl (C=O) groups is 15. The predicted molar refractivity (Wildman–Crippen MR) is 453 cm³/mol. The van der Waals surface area contributed by atoms with Gasteiger partial charge in [0, 0.05) is 120 Å². The summed E-state index contributed by atoms with van der Waals surface area (Å²) in [5, 5.41) is 127. The molecule has 41 heteroatoms. The molecule has 41 nitrogen and oxygen atoms in total. The van der Waals surface area contributed by atoms with Gasteiger partial charge in [0.15, 0.2) is 62.3 Å². The van der Waals surface area contributed by atoms with E-state index in [-0.39, 0.29) is 110 Å². The van der Waals surface area contributed by atoms with Crippen LogP contribution in [0.5, 0.6) is 51.7 Å². The van der Waals surface area contributed by atoms with E-state index in [2.05, 4.69) is 16.0 Å². The van der Waals surface area contributed by atoms with E-state index in [4.69, 9.17) is 62.6 Å². The third-order valence-corrected chi connectivity index (χ3v) is 26.0. The minimum atomic E-state index is -2.72. The number of ether oxygens (including phenoxy) is 12. The number of aromatic hydroxyl groups is 6. The number of amides is 3. The Bertz CT molecular complexity index is 5750. The summed E-state index contributed by atoms with van der Waals surface area (Å²) in [6.45, 7) is 1.28. The first-order valence-electron chi connectivity index (χ1n) is 43.7. The first-order chi connectivity index (χ1) is 64.1. The van der Waals surface area contributed by atoms with Crippen LogP contribution >= 0.6 is 0 Å². The van der Waals surface area contributed by atoms with Crippen molar-refractivity contribution in [3.63, 3.8) is 0 Å². The van der Waals surface area contributed by atoms with Crippen molar-refractivity contribution < 1.29 is 180 Å². The lowest BCUT2D eigenvalue weighted by molar-refractivity contribution is -0.247. The number of aliphatic hydroxyl groups is 4. The third-order valence-electron chi connectivity index (χ3n) is 26.0. The number of benzene rings is 6. The molecule has 3 amide bonds. The predicted octanol–water partition coefficient (Wildman–Crippen LogP) is 3.84. The van der Waals surface area contributed by atoms with Crippen molar-refractivity contribution in [1.82, 2.24) is 16.0 Å². The highest BCUT2D eigenvalue weighted by Gasteiger charge is 2.56. The third kappa shape index (κ3) is 18.4. The molecule has 3 fully saturated rings. The van der Waals surface area contributed by atoms with Gasteiger partial charge in [0.25, 0.3) is 0 Å². The van der Waals surface area contributed by atoms with Crippen LogP contribution in [0.3, 0.4) is 0 Å². The van der Waals surface area contributed by atoms with Crippen LogP contribution in [0.25, 0.3) is 0 Å². The maximum Gasteiger partial charge on any atom is 0.306 e. The smallest absolute Gasteiger partial charge is 0.306 e. The minimum absolute atomic E-state index is 0.0185. The van der Waals surface area contributed by atoms with Gasteiger partial charge < -0.3 is 130 Å². The highest BCUT2D eigenvalue weighted by molar-refractivity contribution is 6.34. The zero-order valence-electron chi connectivity index (χ0n) is 73.8. The number of nitrogens with two attached hydrogens (primary N) is 1. The zero-order chi connectivity index (χ0) is 97.2. The van der Waals surface area contributed by atoms with Crippen molar-refractivity contribution in [3.05, 3.63) is 155 Å². The van der Waals surface area contributed by atoms with Gasteiger partial charge in [-0.2, -0.15) is 0 Å². The van der Waals surface area contributed by atoms with Crippen LogP contribution in [-0.2, 0) is 105 Å². The molecule has 3 heterocycles. The van der Waals surface area contributed by atoms with Crippen molar-refractivity contribution in [2.24, 2.45) is 5.73 Å². The molecule has 0 bridgehead atoms. The van der Waals surface area contributed by atoms with Gasteiger partial charge in [-0.1, -0.05) is 36.4 Å². The number of carbonyl (C=O) groups excluding carboxylic acids is 15. The molecule has 14 atom stereocenters. The number of esters is 3. The lowest BCUT2D eigenvalue weighted by Gasteiger charge is -2.42. The van der Waals surface area contributed by atoms with Crippen LogP contribution in [-0.4, -0.2) is 252 Å². The molecule has 0 spiro atoms. The Morgan fingerprint density at radius 3 is 0.993 bits per heavy atom. The first kappa shape index (κ1) is 96.5. The van der Waals surface area contributed by atoms with E-state index < -0.39 is 337 Å². The number of ketones is 9. The summed E-state index contributed by atoms with van der Waals surface area (Å²) in [7, 11) is 3.75. The number of fused-ring (bicyclic) bond motifs is 9. The molecule has 6 aromatic rings. The van der Waals surface area contributed by atoms with Crippen LogP contribution in [0, 0.1) is 0 Å². The maximum absolute atomic E-state index is 14.4. The van der Waals surface area contributed by atoms with Crippen LogP contribution in [0.4, 0.5) is 0 Å². The molecular formula is C94H98N4O37. The zero-order valence-corrected chi connectivity index (χ0v) is 73.8. The number of aliphatic hydroxyl groups excluding tert-OH is 1. The molecule has 15 N–H and O–H groups in total. The molecule has 6 aliphatic carbocycles. The second-order valence-electron chi connectivity index (χ2n) is 34.9. The Kier molecular flexibility index (Phi) is 27.4. The topological polar surface area (TPSA) is 631 Å². The number of methoxy groups -OCH3 is 3. The van der Waals surface area contributed by atoms with Crippen molar-refractivity contribution in [3.8, 4) is 51.7 Å². The van der Waals surface area contributed by atoms with Gasteiger partial charge in [0.05, 0.1) is 133 Å². The van der Waals surface area contributed by atoms with Gasteiger partial charge in [-0.25, -0.2) is 0 Å². The van der Waals surface area contributed by atoms with Crippen molar-refractivity contribution in [2.45, 2.75) is 233 Å². The van der Waals surface area contributed by atoms with E-state index in [1.807, 2.05) is 0 Å². The van der Waals surface area contributed by atoms with Crippen molar-refractivity contribution in [1.29, 1.82) is 0 Å². The van der Waals surface area contributed by atoms with Gasteiger partial charge in [-0.15, -0.1) is 0 Å². The largest absolute Gasteiger partial charge is 0.507 e. The fraction of sp³-hybridized carbons (Fsp3) is 0.457. The molecule has 135 heavy (non-hydrogen) atoms. The van der Waals surface area contributed by atoms with E-state index in [0.717, 1.165) is 0 Å². The summed E-state index contributed by atoms with van der Waals surface area (Å²) in [5.41, 5.74) is -9.00. The molecule has 716 valence electrons. The molecule has 0 radical (unpaired) electrons. The Labute approximate surface area is 767 Å². The quantitative estimate of drug-likeness (QED) is 0.0132. The van der Waals surface area contributed by atoms with Crippen LogP contribution in [0.2, 0.25) is 0 Å². The minimum Gasteiger partial charge on any atom is -0.507 e. The summed E-state index contributed by atoms with van der Waals surface area (Å²) >= 11 is 0. The summed E-state index contributed by atoms with van der Waals surface area (Å²) < 4.78 is 68.6. The molecule has 3 aliphatic heterocycles. The molecule has 15 rings (SSSR count). The summed E-state index contributed by atoms with van der Waals surface area (Å²) in [5.74, 6) is -21.9. The monoisotopic (exact) mass is 1870 g/mol. The first-order valence-corrected chi connectivity index (χ1v) is 43.7. The highest BCUT2D eigenvalue weighted by atomic mass is 16.7. The second kappa shape index (κ2) is 38.4. The summed E-state index contributed by atoms with van der Waals surface area (Å²) in [6.07, 6.45) is -20.5. The molecule has 3 saturated heterocycles. The standard InChI is InChI=1S/C94H98N4O37/c1-38-12-7-20-63(130-38)133-51-32-92(121,29-44-69(51)88(118)75-72(82(44)112)79(109)41-14-9-17-48(124-4)66(41)85(75)115)54(99)35-127-60(105)25-22-57(102)96-91(97-58(103)23-26-61(106)128-36-55(100)93(122)30-45-70(52(33-93)134-64-21-8-13-39(2)131-64)89(119)76-73(83(45)113)80(110)42-15-10-18-49(125-5)67(42)86(76)116)98-59(104)24-27-62(107)129-37-56(101)94(123)31-46-71(53(34-94)135-65-28-47(95)78(108)40(3)132-65)90(120)77-74(84(46)114)81(111)43-16-11-19-50(126-6)68(43)87(77)117/h9-11,14-19,38-40,47,51-53,63-65,78,91,108,112-114,118-123H,7-8,12-13,20-37,95H2,1-6H3,(H,96,102)(H,97,103)(H,98,104)/t38?,39?,40?,47?,51-,52-,53-,63?,64?,65?,78?,91?,92-,93-,94-/m0/s1. The number of phenols is 6. The lowest BCUT2D eigenvalue weighted by Crippen LogP contribution is -2.58. The molecule has 0 aromatic heterocycles. The fourth-order valence-corrected chi connectivity index (χ4v) is 19.1. The molecular weight excluding hydrogens is 1780 g/mol. The number of hydrogen-bond acceptors (Lipinski definition) is 38. The number of Topliss-reactive ketones (excluding diaryl/α,β-unsaturated/α-hetero) is 3. The normalized spacial score (nSPS) is 25.4. The number of phenolic OH excluding ortho intramolecular Hbond substituents is 6. The van der Waals surface area contributed by atoms with Crippen LogP contribution in [0.15, 0.2) is 54.6 Å². The van der Waals surface area contributed by atoms with Crippen LogP contribution < -0.4 is 35.9 Å². The van der Waals surface area contributed by atoms with Gasteiger partial charge >= 0.3 is 17.9 Å². The molecule has 6 aromatic carbocycles. The molecule has 9 aliphatic rings. The van der Waals surface area contributed by atoms with Crippen molar-refractivity contribution in [2.75, 3.05) is 41.2 Å². The van der Waals surface area contributed by atoms with E-state index >= 15 is 0 Å². The summed E-state index contributed by atoms with van der Waals surface area (Å²) in [6, 6.07) is 11.3. The van der Waals surface area contributed by atoms with Gasteiger partial charge in [0.2, 0.25) is 52.4 Å². The SMILES string of the molecule is COc1cccc2c1C(=O)c1c(O)c3c(c(O)c1C2=O)C[C@@](O)(C(=O)COC(=O)CCC(=O)NC(NC(=O)CCC(=O)OCC(=O)[C@]1(O)Cc2c(O)c4c(c(O)c2[C@@H](OC2CCCC(C)O2)C1)C(=O)c1c(OC)cccc1C4=O)NC(=O)CCC(=O)OCC(=O)[C@]1(O)Cc2c(O)c4c(c(O)c2[C@@H](OC2CC(N)C(O)C(C)O2)C1)C(=O)c1c(OC)cccc1C4=O)C[C@@H]3OC1CCCC(C)O1.